The summed E-state index contributed by atoms with van der Waals surface area (Å²) < 4.78 is 14.7. The largest absolute Gasteiger partial charge is 0.480 e. The van der Waals surface area contributed by atoms with Crippen LogP contribution in [0.4, 0.5) is 0 Å². The molecule has 0 aromatic rings. The summed E-state index contributed by atoms with van der Waals surface area (Å²) in [6.07, 6.45) is 0. The summed E-state index contributed by atoms with van der Waals surface area (Å²) in [7, 11) is 0. The second kappa shape index (κ2) is 18.5. The minimum atomic E-state index is -1.02. The third-order valence-corrected chi connectivity index (χ3v) is 5.36. The van der Waals surface area contributed by atoms with Gasteiger partial charge in [-0.3, -0.25) is 48.5 Å². The Kier molecular flexibility index (Phi) is 15.9. The maximum Gasteiger partial charge on any atom is 0.317 e. The number of rotatable bonds is 13. The predicted octanol–water partition coefficient (Wildman–Crippen LogP) is -2.93. The monoisotopic (exact) mass is 505 g/mol. The van der Waals surface area contributed by atoms with E-state index in [0.29, 0.717) is 84.9 Å². The Morgan fingerprint density at radius 3 is 0.943 bits per heavy atom. The lowest BCUT2D eigenvalue weighted by molar-refractivity contribution is -0.140. The minimum Gasteiger partial charge on any atom is -0.480 e. The summed E-state index contributed by atoms with van der Waals surface area (Å²) in [5, 5.41) is 18.6. The van der Waals surface area contributed by atoms with Crippen molar-refractivity contribution in [1.82, 2.24) is 24.5 Å². The summed E-state index contributed by atoms with van der Waals surface area (Å²) in [5.74, 6) is -2.03. The van der Waals surface area contributed by atoms with E-state index in [-0.39, 0.29) is 33.3 Å². The maximum atomic E-state index is 11.4. The van der Waals surface area contributed by atoms with Crippen molar-refractivity contribution in [3.8, 4) is 0 Å². The number of carbonyl (C=O) groups is 5. The number of hydrogen-bond acceptors (Lipinski definition) is 13. The van der Waals surface area contributed by atoms with Crippen molar-refractivity contribution in [2.75, 3.05) is 98.7 Å². The van der Waals surface area contributed by atoms with E-state index in [2.05, 4.69) is 0 Å². The zero-order valence-corrected chi connectivity index (χ0v) is 19.7. The molecular formula is C20H35N5O10. The van der Waals surface area contributed by atoms with E-state index >= 15 is 0 Å². The highest BCUT2D eigenvalue weighted by Gasteiger charge is 2.19. The van der Waals surface area contributed by atoms with Crippen LogP contribution < -0.4 is 0 Å². The molecule has 15 nitrogen and oxygen atoms in total. The van der Waals surface area contributed by atoms with Gasteiger partial charge in [-0.05, 0) is 0 Å². The molecule has 0 unspecified atom stereocenters. The third-order valence-electron chi connectivity index (χ3n) is 5.36. The normalized spacial score (nSPS) is 19.1. The first-order valence-electron chi connectivity index (χ1n) is 11.1. The van der Waals surface area contributed by atoms with Crippen LogP contribution in [0.3, 0.4) is 0 Å². The second-order valence-electron chi connectivity index (χ2n) is 7.87. The number of hydrogen-bond donors (Lipinski definition) is 2. The predicted molar refractivity (Wildman–Crippen MR) is 119 cm³/mol. The Hall–Kier alpha value is -2.85. The van der Waals surface area contributed by atoms with Crippen molar-refractivity contribution < 1.29 is 48.4 Å². The average Bonchev–Trinajstić information content (AvgIpc) is 2.82. The van der Waals surface area contributed by atoms with Crippen LogP contribution in [-0.4, -0.2) is 165 Å². The highest BCUT2D eigenvalue weighted by atomic mass is 16.5. The molecule has 200 valence electrons. The molecule has 0 aromatic heterocycles. The minimum absolute atomic E-state index is 0.00275. The van der Waals surface area contributed by atoms with Crippen molar-refractivity contribution in [2.45, 2.75) is 0 Å². The van der Waals surface area contributed by atoms with Gasteiger partial charge in [-0.15, -0.1) is 0 Å². The van der Waals surface area contributed by atoms with Gasteiger partial charge in [-0.2, -0.15) is 0 Å². The van der Waals surface area contributed by atoms with Crippen LogP contribution in [0.15, 0.2) is 0 Å². The van der Waals surface area contributed by atoms with E-state index in [0.717, 1.165) is 0 Å². The van der Waals surface area contributed by atoms with Gasteiger partial charge < -0.3 is 24.4 Å². The zero-order valence-electron chi connectivity index (χ0n) is 19.7. The number of aliphatic carboxylic acids is 2. The first-order chi connectivity index (χ1) is 16.9. The Balaban J connectivity index is 3.07. The molecule has 0 aromatic carbocycles. The van der Waals surface area contributed by atoms with Gasteiger partial charge >= 0.3 is 11.9 Å². The molecule has 0 spiro atoms. The molecule has 1 aliphatic heterocycles. The van der Waals surface area contributed by atoms with Crippen molar-refractivity contribution >= 4 is 31.4 Å². The molecule has 0 aliphatic carbocycles. The van der Waals surface area contributed by atoms with Crippen LogP contribution in [0.2, 0.25) is 0 Å². The number of carboxylic acids is 2. The lowest BCUT2D eigenvalue weighted by atomic mass is 10.3. The van der Waals surface area contributed by atoms with Crippen molar-refractivity contribution in [2.24, 2.45) is 0 Å². The van der Waals surface area contributed by atoms with E-state index in [1.807, 2.05) is 14.7 Å². The number of ether oxygens (including phenoxy) is 3. The van der Waals surface area contributed by atoms with Gasteiger partial charge in [0.05, 0.1) is 13.1 Å². The fourth-order valence-corrected chi connectivity index (χ4v) is 3.47. The second-order valence-corrected chi connectivity index (χ2v) is 7.87. The SMILES string of the molecule is O=COCN1CCN(COC=O)CCN(CC(=O)O)CCN(CC(=O)O)CCN(COC=O)CC1. The maximum absolute atomic E-state index is 11.4. The number of carboxylic acid groups (broad SMARTS) is 2. The van der Waals surface area contributed by atoms with E-state index in [1.165, 1.54) is 0 Å². The topological polar surface area (TPSA) is 170 Å². The van der Waals surface area contributed by atoms with Crippen LogP contribution in [0.1, 0.15) is 0 Å². The van der Waals surface area contributed by atoms with Crippen molar-refractivity contribution in [3.05, 3.63) is 0 Å². The highest BCUT2D eigenvalue weighted by molar-refractivity contribution is 5.69. The molecule has 0 atom stereocenters. The van der Waals surface area contributed by atoms with E-state index in [4.69, 9.17) is 14.2 Å². The smallest absolute Gasteiger partial charge is 0.317 e. The van der Waals surface area contributed by atoms with Crippen LogP contribution in [-0.2, 0) is 38.2 Å². The summed E-state index contributed by atoms with van der Waals surface area (Å²) in [6, 6.07) is 0. The standard InChI is InChI=1S/C20H35N5O10/c26-16-33-13-23-5-3-21(11-19(29)30)1-2-22(12-20(31)32)4-6-24(14-34-17-27)8-10-25(9-7-23)15-35-18-28/h16-18H,1-15H2,(H,29,30)(H,31,32). The third kappa shape index (κ3) is 14.9. The molecule has 2 N–H and O–H groups in total. The van der Waals surface area contributed by atoms with Gasteiger partial charge in [-0.25, -0.2) is 0 Å². The molecule has 0 bridgehead atoms. The van der Waals surface area contributed by atoms with Crippen LogP contribution in [0, 0.1) is 0 Å². The van der Waals surface area contributed by atoms with Gasteiger partial charge in [0.2, 0.25) is 0 Å². The first-order valence-corrected chi connectivity index (χ1v) is 11.1. The summed E-state index contributed by atoms with van der Waals surface area (Å²) in [5.41, 5.74) is 0. The van der Waals surface area contributed by atoms with Crippen molar-refractivity contribution in [3.63, 3.8) is 0 Å². The molecule has 1 heterocycles. The van der Waals surface area contributed by atoms with Crippen LogP contribution in [0.25, 0.3) is 0 Å². The van der Waals surface area contributed by atoms with E-state index in [9.17, 15) is 34.2 Å². The average molecular weight is 506 g/mol. The van der Waals surface area contributed by atoms with Crippen molar-refractivity contribution in [1.29, 1.82) is 0 Å². The van der Waals surface area contributed by atoms with Gasteiger partial charge in [-0.1, -0.05) is 0 Å². The molecule has 0 saturated carbocycles. The van der Waals surface area contributed by atoms with Gasteiger partial charge in [0.25, 0.3) is 19.4 Å². The number of carbonyl (C=O) groups excluding carboxylic acids is 3. The number of nitrogens with zero attached hydrogens (tertiary/aromatic N) is 5. The molecular weight excluding hydrogens is 470 g/mol. The molecule has 1 aliphatic rings. The highest BCUT2D eigenvalue weighted by Crippen LogP contribution is 2.02. The fourth-order valence-electron chi connectivity index (χ4n) is 3.47. The zero-order chi connectivity index (χ0) is 25.9. The first kappa shape index (κ1) is 30.2. The Morgan fingerprint density at radius 2 is 0.743 bits per heavy atom. The summed E-state index contributed by atoms with van der Waals surface area (Å²) in [4.78, 5) is 63.7. The van der Waals surface area contributed by atoms with Crippen LogP contribution >= 0.6 is 0 Å². The molecule has 1 rings (SSSR count). The Morgan fingerprint density at radius 1 is 0.514 bits per heavy atom. The Labute approximate surface area is 203 Å². The molecule has 0 amide bonds. The lowest BCUT2D eigenvalue weighted by Crippen LogP contribution is -2.45. The van der Waals surface area contributed by atoms with Crippen LogP contribution in [0.5, 0.6) is 0 Å². The summed E-state index contributed by atoms with van der Waals surface area (Å²) in [6.45, 7) is 4.40. The molecule has 1 saturated heterocycles. The fraction of sp³-hybridized carbons (Fsp3) is 0.750. The molecule has 0 radical (unpaired) electrons. The van der Waals surface area contributed by atoms with E-state index < -0.39 is 11.9 Å². The quantitative estimate of drug-likeness (QED) is 0.192. The molecule has 35 heavy (non-hydrogen) atoms. The Bertz CT molecular complexity index is 608. The molecule has 15 heteroatoms. The molecule has 1 fully saturated rings. The van der Waals surface area contributed by atoms with Gasteiger partial charge in [0, 0.05) is 65.4 Å². The van der Waals surface area contributed by atoms with Gasteiger partial charge in [0.1, 0.15) is 20.2 Å². The lowest BCUT2D eigenvalue weighted by Gasteiger charge is -2.29. The summed E-state index contributed by atoms with van der Waals surface area (Å²) >= 11 is 0. The van der Waals surface area contributed by atoms with Gasteiger partial charge in [0.15, 0.2) is 0 Å². The van der Waals surface area contributed by atoms with E-state index in [1.54, 1.807) is 9.80 Å².